The van der Waals surface area contributed by atoms with Gasteiger partial charge in [-0.05, 0) is 57.0 Å². The van der Waals surface area contributed by atoms with E-state index in [1.165, 1.54) is 24.3 Å². The lowest BCUT2D eigenvalue weighted by Gasteiger charge is -2.25. The number of hydrogen-bond acceptors (Lipinski definition) is 9. The van der Waals surface area contributed by atoms with E-state index in [9.17, 15) is 19.7 Å². The van der Waals surface area contributed by atoms with Crippen LogP contribution in [-0.4, -0.2) is 48.4 Å². The molecular formula is C25H30N2O8. The van der Waals surface area contributed by atoms with Crippen molar-refractivity contribution >= 4 is 17.8 Å². The van der Waals surface area contributed by atoms with E-state index in [4.69, 9.17) is 18.9 Å². The van der Waals surface area contributed by atoms with Gasteiger partial charge in [0.05, 0.1) is 18.5 Å². The fourth-order valence-electron chi connectivity index (χ4n) is 3.87. The number of esters is 1. The Morgan fingerprint density at radius 3 is 2.26 bits per heavy atom. The van der Waals surface area contributed by atoms with Crippen LogP contribution in [-0.2, 0) is 20.7 Å². The van der Waals surface area contributed by atoms with Crippen LogP contribution in [0.4, 0.5) is 10.5 Å². The van der Waals surface area contributed by atoms with E-state index in [0.29, 0.717) is 13.0 Å². The summed E-state index contributed by atoms with van der Waals surface area (Å²) >= 11 is 0. The number of hydrogen-bond donors (Lipinski definition) is 1. The Kier molecular flexibility index (Phi) is 8.29. The number of rotatable bonds is 8. The number of benzene rings is 2. The van der Waals surface area contributed by atoms with Crippen molar-refractivity contribution in [2.24, 2.45) is 5.92 Å². The van der Waals surface area contributed by atoms with Crippen LogP contribution in [0.3, 0.4) is 0 Å². The molecule has 0 aromatic heterocycles. The number of carbonyl (C=O) groups excluding carboxylic acids is 2. The van der Waals surface area contributed by atoms with Crippen molar-refractivity contribution in [1.82, 2.24) is 5.32 Å². The first-order valence-corrected chi connectivity index (χ1v) is 11.2. The SMILES string of the molecule is COc1ccc(C[C@H]2NC[C@H](OC(=O)OC(C)(C)C)[C@H]2CC(=O)Oc2ccc([N+](=O)[O-])cc2)cc1. The van der Waals surface area contributed by atoms with E-state index >= 15 is 0 Å². The zero-order valence-corrected chi connectivity index (χ0v) is 20.2. The summed E-state index contributed by atoms with van der Waals surface area (Å²) in [5.41, 5.74) is 0.209. The average Bonchev–Trinajstić information content (AvgIpc) is 3.13. The van der Waals surface area contributed by atoms with Crippen molar-refractivity contribution in [3.8, 4) is 11.5 Å². The molecule has 0 radical (unpaired) electrons. The summed E-state index contributed by atoms with van der Waals surface area (Å²) in [6, 6.07) is 12.7. The van der Waals surface area contributed by atoms with E-state index in [-0.39, 0.29) is 29.8 Å². The van der Waals surface area contributed by atoms with Crippen LogP contribution in [0.25, 0.3) is 0 Å². The molecule has 1 N–H and O–H groups in total. The molecule has 1 aliphatic rings. The van der Waals surface area contributed by atoms with Gasteiger partial charge in [0, 0.05) is 30.6 Å². The molecule has 0 spiro atoms. The summed E-state index contributed by atoms with van der Waals surface area (Å²) < 4.78 is 21.5. The van der Waals surface area contributed by atoms with Crippen molar-refractivity contribution in [2.75, 3.05) is 13.7 Å². The Balaban J connectivity index is 1.71. The summed E-state index contributed by atoms with van der Waals surface area (Å²) in [4.78, 5) is 35.4. The second kappa shape index (κ2) is 11.2. The number of nitrogens with one attached hydrogen (secondary N) is 1. The number of nitro benzene ring substituents is 1. The van der Waals surface area contributed by atoms with Crippen LogP contribution in [0.5, 0.6) is 11.5 Å². The third kappa shape index (κ3) is 7.68. The highest BCUT2D eigenvalue weighted by molar-refractivity contribution is 5.73. The summed E-state index contributed by atoms with van der Waals surface area (Å²) in [5, 5.41) is 14.2. The zero-order chi connectivity index (χ0) is 25.6. The highest BCUT2D eigenvalue weighted by atomic mass is 16.7. The Labute approximate surface area is 203 Å². The molecular weight excluding hydrogens is 456 g/mol. The van der Waals surface area contributed by atoms with Crippen LogP contribution in [0.2, 0.25) is 0 Å². The van der Waals surface area contributed by atoms with E-state index < -0.39 is 28.8 Å². The lowest BCUT2D eigenvalue weighted by molar-refractivity contribution is -0.384. The highest BCUT2D eigenvalue weighted by Gasteiger charge is 2.40. The summed E-state index contributed by atoms with van der Waals surface area (Å²) in [5.74, 6) is 0.0191. The Hall–Kier alpha value is -3.66. The van der Waals surface area contributed by atoms with Crippen LogP contribution >= 0.6 is 0 Å². The molecule has 3 atom stereocenters. The first kappa shape index (κ1) is 26.0. The zero-order valence-electron chi connectivity index (χ0n) is 20.2. The molecule has 0 aliphatic carbocycles. The predicted molar refractivity (Wildman–Crippen MR) is 126 cm³/mol. The average molecular weight is 487 g/mol. The number of nitro groups is 1. The molecule has 1 saturated heterocycles. The fraction of sp³-hybridized carbons (Fsp3) is 0.440. The quantitative estimate of drug-likeness (QED) is 0.254. The van der Waals surface area contributed by atoms with Gasteiger partial charge < -0.3 is 24.3 Å². The Morgan fingerprint density at radius 2 is 1.69 bits per heavy atom. The van der Waals surface area contributed by atoms with Crippen LogP contribution in [0.1, 0.15) is 32.8 Å². The van der Waals surface area contributed by atoms with Crippen molar-refractivity contribution < 1.29 is 33.5 Å². The predicted octanol–water partition coefficient (Wildman–Crippen LogP) is 4.05. The molecule has 3 rings (SSSR count). The summed E-state index contributed by atoms with van der Waals surface area (Å²) in [6.07, 6.45) is -0.841. The molecule has 1 heterocycles. The maximum atomic E-state index is 12.8. The van der Waals surface area contributed by atoms with Crippen LogP contribution < -0.4 is 14.8 Å². The molecule has 10 heteroatoms. The number of non-ortho nitro benzene ring substituents is 1. The topological polar surface area (TPSA) is 126 Å². The highest BCUT2D eigenvalue weighted by Crippen LogP contribution is 2.28. The van der Waals surface area contributed by atoms with Crippen molar-refractivity contribution in [3.05, 3.63) is 64.2 Å². The number of ether oxygens (including phenoxy) is 4. The van der Waals surface area contributed by atoms with Gasteiger partial charge in [-0.25, -0.2) is 4.79 Å². The van der Waals surface area contributed by atoms with E-state index in [1.54, 1.807) is 27.9 Å². The standard InChI is InChI=1S/C25H30N2O8/c1-25(2,3)35-24(29)34-22-15-26-21(13-16-5-9-18(32-4)10-6-16)20(22)14-23(28)33-19-11-7-17(8-12-19)27(30)31/h5-12,20-22,26H,13-15H2,1-4H3/t20-,21+,22-/m0/s1. The second-order valence-electron chi connectivity index (χ2n) is 9.28. The molecule has 0 saturated carbocycles. The first-order valence-electron chi connectivity index (χ1n) is 11.2. The lowest BCUT2D eigenvalue weighted by Crippen LogP contribution is -2.35. The van der Waals surface area contributed by atoms with Gasteiger partial charge in [0.25, 0.3) is 5.69 Å². The lowest BCUT2D eigenvalue weighted by atomic mass is 9.90. The minimum absolute atomic E-state index is 0.0295. The molecule has 0 amide bonds. The molecule has 0 unspecified atom stereocenters. The summed E-state index contributed by atoms with van der Waals surface area (Å²) in [6.45, 7) is 5.58. The van der Waals surface area contributed by atoms with E-state index in [0.717, 1.165) is 11.3 Å². The van der Waals surface area contributed by atoms with E-state index in [1.807, 2.05) is 24.3 Å². The van der Waals surface area contributed by atoms with Gasteiger partial charge in [-0.1, -0.05) is 12.1 Å². The molecule has 1 aliphatic heterocycles. The third-order valence-corrected chi connectivity index (χ3v) is 5.51. The van der Waals surface area contributed by atoms with Crippen LogP contribution in [0, 0.1) is 16.0 Å². The molecule has 0 bridgehead atoms. The molecule has 35 heavy (non-hydrogen) atoms. The molecule has 2 aromatic rings. The number of nitrogens with zero attached hydrogens (tertiary/aromatic N) is 1. The summed E-state index contributed by atoms with van der Waals surface area (Å²) in [7, 11) is 1.60. The van der Waals surface area contributed by atoms with Gasteiger partial charge in [0.1, 0.15) is 23.2 Å². The molecule has 188 valence electrons. The molecule has 1 fully saturated rings. The Morgan fingerprint density at radius 1 is 1.06 bits per heavy atom. The molecule has 10 nitrogen and oxygen atoms in total. The molecule has 2 aromatic carbocycles. The van der Waals surface area contributed by atoms with Crippen molar-refractivity contribution in [2.45, 2.75) is 51.4 Å². The Bertz CT molecular complexity index is 1030. The first-order chi connectivity index (χ1) is 16.5. The van der Waals surface area contributed by atoms with Gasteiger partial charge in [0.15, 0.2) is 0 Å². The van der Waals surface area contributed by atoms with Gasteiger partial charge in [-0.15, -0.1) is 0 Å². The number of carbonyl (C=O) groups is 2. The van der Waals surface area contributed by atoms with Crippen LogP contribution in [0.15, 0.2) is 48.5 Å². The number of methoxy groups -OCH3 is 1. The van der Waals surface area contributed by atoms with Gasteiger partial charge in [-0.2, -0.15) is 0 Å². The van der Waals surface area contributed by atoms with Gasteiger partial charge >= 0.3 is 12.1 Å². The second-order valence-corrected chi connectivity index (χ2v) is 9.28. The third-order valence-electron chi connectivity index (χ3n) is 5.51. The largest absolute Gasteiger partial charge is 0.509 e. The van der Waals surface area contributed by atoms with Gasteiger partial charge in [-0.3, -0.25) is 14.9 Å². The van der Waals surface area contributed by atoms with E-state index in [2.05, 4.69) is 5.32 Å². The minimum atomic E-state index is -0.803. The minimum Gasteiger partial charge on any atom is -0.497 e. The van der Waals surface area contributed by atoms with Crippen molar-refractivity contribution in [3.63, 3.8) is 0 Å². The fourth-order valence-corrected chi connectivity index (χ4v) is 3.87. The maximum absolute atomic E-state index is 12.8. The smallest absolute Gasteiger partial charge is 0.497 e. The van der Waals surface area contributed by atoms with Crippen molar-refractivity contribution in [1.29, 1.82) is 0 Å². The normalized spacial score (nSPS) is 19.6. The monoisotopic (exact) mass is 486 g/mol. The maximum Gasteiger partial charge on any atom is 0.509 e. The van der Waals surface area contributed by atoms with Gasteiger partial charge in [0.2, 0.25) is 0 Å².